The Bertz CT molecular complexity index is 157. The molecule has 0 aromatic heterocycles. The molecular weight excluding hydrogens is 216 g/mol. The third kappa shape index (κ3) is 3.48. The summed E-state index contributed by atoms with van der Waals surface area (Å²) in [7, 11) is 2.60. The fourth-order valence-corrected chi connectivity index (χ4v) is 0.769. The molecular formula is C6H9BrO4. The van der Waals surface area contributed by atoms with E-state index < -0.39 is 10.8 Å². The maximum Gasteiger partial charge on any atom is 0.327 e. The van der Waals surface area contributed by atoms with E-state index in [0.29, 0.717) is 0 Å². The summed E-state index contributed by atoms with van der Waals surface area (Å²) in [5.74, 6) is -0.952. The number of ether oxygens (including phenoxy) is 2. The van der Waals surface area contributed by atoms with Gasteiger partial charge in [0.1, 0.15) is 6.61 Å². The number of methoxy groups -OCH3 is 2. The van der Waals surface area contributed by atoms with Crippen LogP contribution in [0, 0.1) is 0 Å². The SMILES string of the molecule is COCC(=O)C(Br)C(=O)OC. The highest BCUT2D eigenvalue weighted by molar-refractivity contribution is 9.10. The van der Waals surface area contributed by atoms with Crippen molar-refractivity contribution in [1.29, 1.82) is 0 Å². The van der Waals surface area contributed by atoms with E-state index in [-0.39, 0.29) is 12.4 Å². The van der Waals surface area contributed by atoms with Gasteiger partial charge in [-0.25, -0.2) is 0 Å². The monoisotopic (exact) mass is 224 g/mol. The van der Waals surface area contributed by atoms with Crippen LogP contribution in [0.5, 0.6) is 0 Å². The number of esters is 1. The molecule has 64 valence electrons. The van der Waals surface area contributed by atoms with Crippen molar-refractivity contribution in [2.24, 2.45) is 0 Å². The number of rotatable bonds is 4. The number of halogens is 1. The Kier molecular flexibility index (Phi) is 5.06. The zero-order valence-corrected chi connectivity index (χ0v) is 7.88. The quantitative estimate of drug-likeness (QED) is 0.388. The number of alkyl halides is 1. The van der Waals surface area contributed by atoms with Crippen LogP contribution >= 0.6 is 15.9 Å². The molecule has 1 atom stereocenters. The van der Waals surface area contributed by atoms with Crippen molar-refractivity contribution in [3.05, 3.63) is 0 Å². The maximum absolute atomic E-state index is 10.9. The molecule has 0 rings (SSSR count). The molecule has 1 unspecified atom stereocenters. The largest absolute Gasteiger partial charge is 0.468 e. The Hall–Kier alpha value is -0.420. The van der Waals surface area contributed by atoms with Gasteiger partial charge in [-0.2, -0.15) is 0 Å². The van der Waals surface area contributed by atoms with Crippen molar-refractivity contribution in [2.45, 2.75) is 4.83 Å². The summed E-state index contributed by atoms with van der Waals surface area (Å²) in [6, 6.07) is 0. The van der Waals surface area contributed by atoms with Gasteiger partial charge in [0.15, 0.2) is 10.6 Å². The standard InChI is InChI=1S/C6H9BrO4/c1-10-3-4(8)5(7)6(9)11-2/h5H,3H2,1-2H3. The van der Waals surface area contributed by atoms with E-state index in [1.165, 1.54) is 14.2 Å². The first-order valence-corrected chi connectivity index (χ1v) is 3.78. The summed E-state index contributed by atoms with van der Waals surface area (Å²) >= 11 is 2.87. The predicted molar refractivity (Wildman–Crippen MR) is 41.6 cm³/mol. The number of carbonyl (C=O) groups excluding carboxylic acids is 2. The fraction of sp³-hybridized carbons (Fsp3) is 0.667. The Morgan fingerprint density at radius 1 is 1.45 bits per heavy atom. The molecule has 0 aliphatic rings. The molecule has 0 spiro atoms. The second kappa shape index (κ2) is 5.26. The van der Waals surface area contributed by atoms with Crippen LogP contribution in [-0.4, -0.2) is 37.4 Å². The summed E-state index contributed by atoms with van der Waals surface area (Å²) < 4.78 is 8.85. The molecule has 0 aliphatic heterocycles. The van der Waals surface area contributed by atoms with Crippen molar-refractivity contribution in [2.75, 3.05) is 20.8 Å². The van der Waals surface area contributed by atoms with Gasteiger partial charge in [-0.05, 0) is 0 Å². The number of Topliss-reactive ketones (excluding diaryl/α,β-unsaturated/α-hetero) is 1. The van der Waals surface area contributed by atoms with E-state index in [1.54, 1.807) is 0 Å². The molecule has 0 heterocycles. The van der Waals surface area contributed by atoms with E-state index >= 15 is 0 Å². The molecule has 0 saturated carbocycles. The lowest BCUT2D eigenvalue weighted by Crippen LogP contribution is -2.28. The highest BCUT2D eigenvalue weighted by Gasteiger charge is 2.23. The van der Waals surface area contributed by atoms with Crippen LogP contribution in [0.4, 0.5) is 0 Å². The molecule has 5 heteroatoms. The lowest BCUT2D eigenvalue weighted by molar-refractivity contribution is -0.143. The van der Waals surface area contributed by atoms with Crippen LogP contribution in [0.15, 0.2) is 0 Å². The predicted octanol–water partition coefficient (Wildman–Crippen LogP) is 0.138. The first-order chi connectivity index (χ1) is 5.13. The van der Waals surface area contributed by atoms with Gasteiger partial charge in [0.2, 0.25) is 0 Å². The summed E-state index contributed by atoms with van der Waals surface area (Å²) in [6.45, 7) is -0.0922. The number of carbonyl (C=O) groups is 2. The van der Waals surface area contributed by atoms with Crippen LogP contribution in [-0.2, 0) is 19.1 Å². The molecule has 0 radical (unpaired) electrons. The lowest BCUT2D eigenvalue weighted by atomic mass is 10.3. The Balaban J connectivity index is 3.91. The third-order valence-corrected chi connectivity index (χ3v) is 1.86. The molecule has 11 heavy (non-hydrogen) atoms. The van der Waals surface area contributed by atoms with Gasteiger partial charge in [0.05, 0.1) is 7.11 Å². The van der Waals surface area contributed by atoms with E-state index in [4.69, 9.17) is 0 Å². The minimum Gasteiger partial charge on any atom is -0.468 e. The van der Waals surface area contributed by atoms with E-state index in [0.717, 1.165) is 0 Å². The number of hydrogen-bond acceptors (Lipinski definition) is 4. The highest BCUT2D eigenvalue weighted by atomic mass is 79.9. The molecule has 0 fully saturated rings. The average Bonchev–Trinajstić information content (AvgIpc) is 2.02. The topological polar surface area (TPSA) is 52.6 Å². The van der Waals surface area contributed by atoms with Crippen molar-refractivity contribution in [3.8, 4) is 0 Å². The van der Waals surface area contributed by atoms with Gasteiger partial charge in [0, 0.05) is 7.11 Å². The molecule has 0 saturated heterocycles. The van der Waals surface area contributed by atoms with Crippen LogP contribution < -0.4 is 0 Å². The van der Waals surface area contributed by atoms with Gasteiger partial charge < -0.3 is 9.47 Å². The number of ketones is 1. The zero-order chi connectivity index (χ0) is 8.85. The van der Waals surface area contributed by atoms with E-state index in [9.17, 15) is 9.59 Å². The summed E-state index contributed by atoms with van der Waals surface area (Å²) in [5.41, 5.74) is 0. The van der Waals surface area contributed by atoms with Crippen LogP contribution in [0.2, 0.25) is 0 Å². The second-order valence-corrected chi connectivity index (χ2v) is 2.70. The van der Waals surface area contributed by atoms with E-state index in [1.807, 2.05) is 0 Å². The van der Waals surface area contributed by atoms with Crippen molar-refractivity contribution in [3.63, 3.8) is 0 Å². The summed E-state index contributed by atoms with van der Waals surface area (Å²) in [6.07, 6.45) is 0. The van der Waals surface area contributed by atoms with Gasteiger partial charge in [-0.1, -0.05) is 15.9 Å². The normalized spacial score (nSPS) is 12.3. The zero-order valence-electron chi connectivity index (χ0n) is 6.30. The van der Waals surface area contributed by atoms with Crippen LogP contribution in [0.1, 0.15) is 0 Å². The Morgan fingerprint density at radius 3 is 2.36 bits per heavy atom. The van der Waals surface area contributed by atoms with Crippen molar-refractivity contribution >= 4 is 27.7 Å². The smallest absolute Gasteiger partial charge is 0.327 e. The van der Waals surface area contributed by atoms with Gasteiger partial charge >= 0.3 is 5.97 Å². The fourth-order valence-electron chi connectivity index (χ4n) is 0.450. The molecule has 0 aliphatic carbocycles. The van der Waals surface area contributed by atoms with Crippen molar-refractivity contribution < 1.29 is 19.1 Å². The molecule has 4 nitrogen and oxygen atoms in total. The summed E-state index contributed by atoms with van der Waals surface area (Å²) in [5, 5.41) is 0. The molecule has 0 N–H and O–H groups in total. The first-order valence-electron chi connectivity index (χ1n) is 2.87. The maximum atomic E-state index is 10.9. The minimum absolute atomic E-state index is 0.0922. The van der Waals surface area contributed by atoms with Crippen LogP contribution in [0.3, 0.4) is 0 Å². The van der Waals surface area contributed by atoms with Crippen LogP contribution in [0.25, 0.3) is 0 Å². The van der Waals surface area contributed by atoms with Gasteiger partial charge in [0.25, 0.3) is 0 Å². The van der Waals surface area contributed by atoms with E-state index in [2.05, 4.69) is 25.4 Å². The lowest BCUT2D eigenvalue weighted by Gasteiger charge is -2.04. The summed E-state index contributed by atoms with van der Waals surface area (Å²) in [4.78, 5) is 20.6. The average molecular weight is 225 g/mol. The Labute approximate surface area is 73.0 Å². The highest BCUT2D eigenvalue weighted by Crippen LogP contribution is 2.03. The molecule has 0 aromatic rings. The first kappa shape index (κ1) is 10.6. The molecule has 0 amide bonds. The van der Waals surface area contributed by atoms with Gasteiger partial charge in [-0.3, -0.25) is 9.59 Å². The number of hydrogen-bond donors (Lipinski definition) is 0. The van der Waals surface area contributed by atoms with Crippen molar-refractivity contribution in [1.82, 2.24) is 0 Å². The van der Waals surface area contributed by atoms with Gasteiger partial charge in [-0.15, -0.1) is 0 Å². The Morgan fingerprint density at radius 2 is 2.00 bits per heavy atom. The molecule has 0 aromatic carbocycles. The minimum atomic E-state index is -0.910. The third-order valence-electron chi connectivity index (χ3n) is 0.977. The molecule has 0 bridgehead atoms. The second-order valence-electron chi connectivity index (χ2n) is 1.79.